The van der Waals surface area contributed by atoms with Crippen LogP contribution in [0.2, 0.25) is 0 Å². The van der Waals surface area contributed by atoms with Crippen LogP contribution in [0.1, 0.15) is 125 Å². The molecule has 0 saturated heterocycles. The Morgan fingerprint density at radius 1 is 0.795 bits per heavy atom. The second-order valence-corrected chi connectivity index (χ2v) is 13.0. The summed E-state index contributed by atoms with van der Waals surface area (Å²) in [6, 6.07) is 12.0. The number of nitrogens with zero attached hydrogens (tertiary/aromatic N) is 1. The number of hydrogen-bond acceptors (Lipinski definition) is 4. The first-order valence-corrected chi connectivity index (χ1v) is 14.0. The van der Waals surface area contributed by atoms with Crippen molar-refractivity contribution in [2.45, 2.75) is 112 Å². The number of ketones is 2. The molecule has 0 heterocycles. The molecule has 5 nitrogen and oxygen atoms in total. The van der Waals surface area contributed by atoms with Crippen molar-refractivity contribution >= 4 is 17.5 Å². The SMILES string of the molecule is CCC(CC)(c1ccc(C(=O)CC(C)(O)C(C)(C)C)c(C)c1)c1ccc(C(=O)N(C)C(C)(C)C(C)=O)c(C)c1. The van der Waals surface area contributed by atoms with Gasteiger partial charge in [0.2, 0.25) is 0 Å². The zero-order chi connectivity index (χ0) is 30.1. The number of Topliss-reactive ketones (excluding diaryl/α,β-unsaturated/α-hetero) is 2. The Labute approximate surface area is 236 Å². The van der Waals surface area contributed by atoms with Gasteiger partial charge in [0.25, 0.3) is 5.91 Å². The Kier molecular flexibility index (Phi) is 9.45. The second-order valence-electron chi connectivity index (χ2n) is 13.0. The highest BCUT2D eigenvalue weighted by atomic mass is 16.3. The Bertz CT molecular complexity index is 1240. The maximum absolute atomic E-state index is 13.3. The summed E-state index contributed by atoms with van der Waals surface area (Å²) in [7, 11) is 1.67. The van der Waals surface area contributed by atoms with Crippen molar-refractivity contribution in [3.63, 3.8) is 0 Å². The highest BCUT2D eigenvalue weighted by molar-refractivity contribution is 6.00. The van der Waals surface area contributed by atoms with Crippen molar-refractivity contribution in [3.05, 3.63) is 69.8 Å². The zero-order valence-electron chi connectivity index (χ0n) is 26.2. The zero-order valence-corrected chi connectivity index (χ0v) is 26.2. The number of carbonyl (C=O) groups excluding carboxylic acids is 3. The maximum atomic E-state index is 13.3. The lowest BCUT2D eigenvalue weighted by atomic mass is 9.69. The van der Waals surface area contributed by atoms with E-state index in [4.69, 9.17) is 0 Å². The van der Waals surface area contributed by atoms with Gasteiger partial charge in [0.1, 0.15) is 0 Å². The minimum absolute atomic E-state index is 0.0612. The lowest BCUT2D eigenvalue weighted by molar-refractivity contribution is -0.125. The molecular formula is C34H49NO4. The lowest BCUT2D eigenvalue weighted by Crippen LogP contribution is -2.50. The van der Waals surface area contributed by atoms with Crippen molar-refractivity contribution in [2.24, 2.45) is 5.41 Å². The minimum Gasteiger partial charge on any atom is -0.389 e. The third-order valence-electron chi connectivity index (χ3n) is 9.42. The monoisotopic (exact) mass is 535 g/mol. The van der Waals surface area contributed by atoms with Crippen molar-refractivity contribution < 1.29 is 19.5 Å². The van der Waals surface area contributed by atoms with Gasteiger partial charge < -0.3 is 10.0 Å². The molecule has 1 amide bonds. The largest absolute Gasteiger partial charge is 0.389 e. The first-order valence-electron chi connectivity index (χ1n) is 14.0. The van der Waals surface area contributed by atoms with E-state index < -0.39 is 16.6 Å². The molecule has 0 aliphatic heterocycles. The molecule has 2 aromatic rings. The molecule has 0 saturated carbocycles. The van der Waals surface area contributed by atoms with Crippen LogP contribution in [0.15, 0.2) is 36.4 Å². The van der Waals surface area contributed by atoms with Gasteiger partial charge in [-0.1, -0.05) is 65.0 Å². The molecule has 214 valence electrons. The molecule has 0 radical (unpaired) electrons. The normalized spacial score (nSPS) is 14.1. The van der Waals surface area contributed by atoms with Crippen molar-refractivity contribution in [1.82, 2.24) is 4.90 Å². The Balaban J connectivity index is 2.50. The Hall–Kier alpha value is -2.79. The van der Waals surface area contributed by atoms with E-state index in [9.17, 15) is 19.5 Å². The molecule has 39 heavy (non-hydrogen) atoms. The number of aryl methyl sites for hydroxylation is 2. The number of benzene rings is 2. The standard InChI is InChI=1S/C34H49NO4/c1-13-34(14-2,25-15-17-27(22(3)19-25)29(37)21-33(11,39)31(6,7)8)26-16-18-28(23(4)20-26)30(38)35(12)32(9,10)24(5)36/h15-20,39H,13-14,21H2,1-12H3. The van der Waals surface area contributed by atoms with E-state index in [1.165, 1.54) is 11.8 Å². The van der Waals surface area contributed by atoms with E-state index in [-0.39, 0.29) is 29.3 Å². The van der Waals surface area contributed by atoms with Crippen molar-refractivity contribution in [3.8, 4) is 0 Å². The van der Waals surface area contributed by atoms with Gasteiger partial charge in [-0.05, 0) is 88.1 Å². The third kappa shape index (κ3) is 6.19. The quantitative estimate of drug-likeness (QED) is 0.326. The van der Waals surface area contributed by atoms with E-state index in [1.54, 1.807) is 27.8 Å². The number of carbonyl (C=O) groups is 3. The van der Waals surface area contributed by atoms with E-state index in [1.807, 2.05) is 58.9 Å². The summed E-state index contributed by atoms with van der Waals surface area (Å²) < 4.78 is 0. The molecule has 1 atom stereocenters. The van der Waals surface area contributed by atoms with Crippen LogP contribution >= 0.6 is 0 Å². The fraction of sp³-hybridized carbons (Fsp3) is 0.559. The van der Waals surface area contributed by atoms with Gasteiger partial charge in [0, 0.05) is 30.0 Å². The van der Waals surface area contributed by atoms with E-state index in [0.717, 1.165) is 35.1 Å². The van der Waals surface area contributed by atoms with E-state index in [0.29, 0.717) is 11.1 Å². The van der Waals surface area contributed by atoms with Gasteiger partial charge in [-0.25, -0.2) is 0 Å². The highest BCUT2D eigenvalue weighted by Crippen LogP contribution is 2.41. The fourth-order valence-electron chi connectivity index (χ4n) is 5.05. The molecular weight excluding hydrogens is 486 g/mol. The summed E-state index contributed by atoms with van der Waals surface area (Å²) in [5, 5.41) is 10.9. The molecule has 5 heteroatoms. The first kappa shape index (κ1) is 32.4. The minimum atomic E-state index is -1.11. The van der Waals surface area contributed by atoms with Gasteiger partial charge in [0.15, 0.2) is 11.6 Å². The molecule has 1 N–H and O–H groups in total. The van der Waals surface area contributed by atoms with Gasteiger partial charge in [-0.2, -0.15) is 0 Å². The molecule has 1 unspecified atom stereocenters. The summed E-state index contributed by atoms with van der Waals surface area (Å²) >= 11 is 0. The predicted octanol–water partition coefficient (Wildman–Crippen LogP) is 7.22. The van der Waals surface area contributed by atoms with Crippen LogP contribution in [-0.2, 0) is 10.2 Å². The summed E-state index contributed by atoms with van der Waals surface area (Å²) in [6.07, 6.45) is 1.75. The van der Waals surface area contributed by atoms with Crippen LogP contribution in [0.5, 0.6) is 0 Å². The number of aliphatic hydroxyl groups is 1. The highest BCUT2D eigenvalue weighted by Gasteiger charge is 2.38. The average molecular weight is 536 g/mol. The van der Waals surface area contributed by atoms with Gasteiger partial charge in [0.05, 0.1) is 11.1 Å². The van der Waals surface area contributed by atoms with Crippen LogP contribution in [0.25, 0.3) is 0 Å². The molecule has 0 aliphatic rings. The van der Waals surface area contributed by atoms with Crippen LogP contribution in [-0.4, -0.2) is 45.7 Å². The molecule has 2 rings (SSSR count). The van der Waals surface area contributed by atoms with Crippen LogP contribution in [0.3, 0.4) is 0 Å². The molecule has 0 bridgehead atoms. The molecule has 0 aromatic heterocycles. The molecule has 0 spiro atoms. The summed E-state index contributed by atoms with van der Waals surface area (Å²) in [6.45, 7) is 20.8. The molecule has 2 aromatic carbocycles. The molecule has 0 aliphatic carbocycles. The smallest absolute Gasteiger partial charge is 0.254 e. The number of amides is 1. The fourth-order valence-corrected chi connectivity index (χ4v) is 5.05. The van der Waals surface area contributed by atoms with Crippen LogP contribution in [0.4, 0.5) is 0 Å². The number of rotatable bonds is 10. The Morgan fingerprint density at radius 3 is 1.59 bits per heavy atom. The van der Waals surface area contributed by atoms with Gasteiger partial charge >= 0.3 is 0 Å². The van der Waals surface area contributed by atoms with E-state index >= 15 is 0 Å². The topological polar surface area (TPSA) is 74.7 Å². The third-order valence-corrected chi connectivity index (χ3v) is 9.42. The maximum Gasteiger partial charge on any atom is 0.254 e. The predicted molar refractivity (Wildman–Crippen MR) is 160 cm³/mol. The average Bonchev–Trinajstić information content (AvgIpc) is 2.83. The summed E-state index contributed by atoms with van der Waals surface area (Å²) in [4.78, 5) is 40.2. The summed E-state index contributed by atoms with van der Waals surface area (Å²) in [5.74, 6) is -0.306. The number of likely N-dealkylation sites (N-methyl/N-ethyl adjacent to an activating group) is 1. The molecule has 0 fully saturated rings. The summed E-state index contributed by atoms with van der Waals surface area (Å²) in [5.41, 5.74) is 2.50. The lowest BCUT2D eigenvalue weighted by Gasteiger charge is -2.37. The van der Waals surface area contributed by atoms with Crippen molar-refractivity contribution in [2.75, 3.05) is 7.05 Å². The van der Waals surface area contributed by atoms with Crippen molar-refractivity contribution in [1.29, 1.82) is 0 Å². The Morgan fingerprint density at radius 2 is 1.23 bits per heavy atom. The van der Waals surface area contributed by atoms with Crippen LogP contribution in [0, 0.1) is 19.3 Å². The van der Waals surface area contributed by atoms with Gasteiger partial charge in [-0.3, -0.25) is 14.4 Å². The van der Waals surface area contributed by atoms with E-state index in [2.05, 4.69) is 26.0 Å². The van der Waals surface area contributed by atoms with Crippen LogP contribution < -0.4 is 0 Å². The van der Waals surface area contributed by atoms with Gasteiger partial charge in [-0.15, -0.1) is 0 Å². The number of hydrogen-bond donors (Lipinski definition) is 1. The first-order chi connectivity index (χ1) is 17.8. The second kappa shape index (κ2) is 11.4.